The highest BCUT2D eigenvalue weighted by Gasteiger charge is 2.23. The van der Waals surface area contributed by atoms with Crippen LogP contribution in [0.5, 0.6) is 0 Å². The van der Waals surface area contributed by atoms with Gasteiger partial charge in [0.25, 0.3) is 0 Å². The Labute approximate surface area is 107 Å². The van der Waals surface area contributed by atoms with Crippen LogP contribution in [-0.2, 0) is 0 Å². The van der Waals surface area contributed by atoms with Gasteiger partial charge in [-0.3, -0.25) is 4.99 Å². The molecule has 0 unspecified atom stereocenters. The summed E-state index contributed by atoms with van der Waals surface area (Å²) < 4.78 is 0. The molecule has 0 aliphatic carbocycles. The lowest BCUT2D eigenvalue weighted by Crippen LogP contribution is -2.34. The average molecular weight is 258 g/mol. The first kappa shape index (κ1) is 12.6. The molecule has 0 aromatic rings. The van der Waals surface area contributed by atoms with Crippen molar-refractivity contribution in [3.63, 3.8) is 0 Å². The first-order valence-electron chi connectivity index (χ1n) is 6.15. The standard InChI is InChI=1S/C12H22N2S2/c1-12(2)8-14-11(16-9-12)13-7-10-3-5-15-6-4-10/h10H,3-9H2,1-2H3,(H,13,14). The summed E-state index contributed by atoms with van der Waals surface area (Å²) >= 11 is 3.99. The van der Waals surface area contributed by atoms with Gasteiger partial charge in [0, 0.05) is 18.8 Å². The Bertz CT molecular complexity index is 258. The Balaban J connectivity index is 1.72. The maximum Gasteiger partial charge on any atom is 0.156 e. The first-order valence-corrected chi connectivity index (χ1v) is 8.29. The Morgan fingerprint density at radius 1 is 1.38 bits per heavy atom. The summed E-state index contributed by atoms with van der Waals surface area (Å²) in [6, 6.07) is 0. The normalized spacial score (nSPS) is 26.2. The van der Waals surface area contributed by atoms with E-state index in [1.807, 2.05) is 11.8 Å². The van der Waals surface area contributed by atoms with Crippen molar-refractivity contribution in [1.29, 1.82) is 0 Å². The largest absolute Gasteiger partial charge is 0.365 e. The average Bonchev–Trinajstić information content (AvgIpc) is 2.29. The number of nitrogens with zero attached hydrogens (tertiary/aromatic N) is 1. The molecule has 0 spiro atoms. The van der Waals surface area contributed by atoms with E-state index in [9.17, 15) is 0 Å². The highest BCUT2D eigenvalue weighted by molar-refractivity contribution is 8.13. The lowest BCUT2D eigenvalue weighted by atomic mass is 9.97. The highest BCUT2D eigenvalue weighted by atomic mass is 32.2. The number of hydrogen-bond donors (Lipinski definition) is 1. The van der Waals surface area contributed by atoms with E-state index in [2.05, 4.69) is 35.9 Å². The predicted molar refractivity (Wildman–Crippen MR) is 76.6 cm³/mol. The van der Waals surface area contributed by atoms with Crippen LogP contribution >= 0.6 is 23.5 Å². The third-order valence-electron chi connectivity index (χ3n) is 3.13. The molecule has 1 N–H and O–H groups in total. The first-order chi connectivity index (χ1) is 7.66. The third kappa shape index (κ3) is 3.88. The van der Waals surface area contributed by atoms with Crippen molar-refractivity contribution < 1.29 is 0 Å². The van der Waals surface area contributed by atoms with E-state index in [0.717, 1.165) is 19.0 Å². The van der Waals surface area contributed by atoms with Crippen LogP contribution in [0.1, 0.15) is 26.7 Å². The summed E-state index contributed by atoms with van der Waals surface area (Å²) in [5, 5.41) is 4.71. The van der Waals surface area contributed by atoms with Crippen molar-refractivity contribution in [3.05, 3.63) is 0 Å². The molecule has 92 valence electrons. The minimum absolute atomic E-state index is 0.386. The summed E-state index contributed by atoms with van der Waals surface area (Å²) in [5.74, 6) is 4.76. The summed E-state index contributed by atoms with van der Waals surface area (Å²) in [4.78, 5) is 4.63. The molecule has 4 heteroatoms. The predicted octanol–water partition coefficient (Wildman–Crippen LogP) is 2.85. The number of amidine groups is 1. The van der Waals surface area contributed by atoms with Crippen LogP contribution in [0.4, 0.5) is 0 Å². The van der Waals surface area contributed by atoms with Crippen molar-refractivity contribution >= 4 is 28.7 Å². The van der Waals surface area contributed by atoms with E-state index in [4.69, 9.17) is 0 Å². The van der Waals surface area contributed by atoms with E-state index in [-0.39, 0.29) is 0 Å². The second-order valence-electron chi connectivity index (χ2n) is 5.51. The number of thioether (sulfide) groups is 2. The van der Waals surface area contributed by atoms with Gasteiger partial charge in [-0.2, -0.15) is 11.8 Å². The maximum absolute atomic E-state index is 4.63. The zero-order valence-electron chi connectivity index (χ0n) is 10.3. The highest BCUT2D eigenvalue weighted by Crippen LogP contribution is 2.27. The molecule has 0 atom stereocenters. The number of hydrogen-bond acceptors (Lipinski definition) is 4. The van der Waals surface area contributed by atoms with Gasteiger partial charge in [0.2, 0.25) is 0 Å². The van der Waals surface area contributed by atoms with Gasteiger partial charge in [-0.15, -0.1) is 0 Å². The van der Waals surface area contributed by atoms with Crippen molar-refractivity contribution in [2.75, 3.05) is 30.3 Å². The van der Waals surface area contributed by atoms with Crippen molar-refractivity contribution in [2.24, 2.45) is 16.3 Å². The Kier molecular flexibility index (Phi) is 4.48. The van der Waals surface area contributed by atoms with E-state index in [1.165, 1.54) is 35.3 Å². The molecule has 0 aromatic carbocycles. The Hall–Kier alpha value is 0.170. The molecule has 0 radical (unpaired) electrons. The molecule has 2 aliphatic heterocycles. The maximum atomic E-state index is 4.63. The van der Waals surface area contributed by atoms with Gasteiger partial charge >= 0.3 is 0 Å². The molecule has 2 nitrogen and oxygen atoms in total. The fourth-order valence-corrected chi connectivity index (χ4v) is 4.09. The molecule has 1 fully saturated rings. The lowest BCUT2D eigenvalue weighted by Gasteiger charge is -2.28. The van der Waals surface area contributed by atoms with Gasteiger partial charge < -0.3 is 5.32 Å². The van der Waals surface area contributed by atoms with E-state index >= 15 is 0 Å². The zero-order valence-corrected chi connectivity index (χ0v) is 11.9. The summed E-state index contributed by atoms with van der Waals surface area (Å²) in [5.41, 5.74) is 0.386. The molecule has 0 bridgehead atoms. The van der Waals surface area contributed by atoms with Crippen molar-refractivity contribution in [2.45, 2.75) is 26.7 Å². The van der Waals surface area contributed by atoms with Crippen LogP contribution in [-0.4, -0.2) is 35.5 Å². The molecule has 2 heterocycles. The number of rotatable bonds is 2. The summed E-state index contributed by atoms with van der Waals surface area (Å²) in [6.45, 7) is 6.69. The van der Waals surface area contributed by atoms with Gasteiger partial charge in [-0.05, 0) is 35.7 Å². The molecular weight excluding hydrogens is 236 g/mol. The molecule has 0 saturated carbocycles. The van der Waals surface area contributed by atoms with Gasteiger partial charge in [-0.1, -0.05) is 25.6 Å². The van der Waals surface area contributed by atoms with Crippen molar-refractivity contribution in [1.82, 2.24) is 5.32 Å². The fourth-order valence-electron chi connectivity index (χ4n) is 1.93. The van der Waals surface area contributed by atoms with Gasteiger partial charge in [0.15, 0.2) is 5.17 Å². The smallest absolute Gasteiger partial charge is 0.156 e. The van der Waals surface area contributed by atoms with Gasteiger partial charge in [0.05, 0.1) is 0 Å². The molecule has 1 saturated heterocycles. The van der Waals surface area contributed by atoms with Gasteiger partial charge in [-0.25, -0.2) is 0 Å². The topological polar surface area (TPSA) is 24.4 Å². The number of aliphatic imine (C=N–C) groups is 1. The molecule has 2 aliphatic rings. The third-order valence-corrected chi connectivity index (χ3v) is 5.65. The molecule has 0 amide bonds. The quantitative estimate of drug-likeness (QED) is 0.824. The van der Waals surface area contributed by atoms with Crippen LogP contribution in [0.25, 0.3) is 0 Å². The Morgan fingerprint density at radius 3 is 2.75 bits per heavy atom. The van der Waals surface area contributed by atoms with Crippen LogP contribution in [0.3, 0.4) is 0 Å². The lowest BCUT2D eigenvalue weighted by molar-refractivity contribution is 0.434. The molecule has 0 aromatic heterocycles. The fraction of sp³-hybridized carbons (Fsp3) is 0.917. The van der Waals surface area contributed by atoms with Crippen LogP contribution in [0.2, 0.25) is 0 Å². The van der Waals surface area contributed by atoms with E-state index in [1.54, 1.807) is 0 Å². The van der Waals surface area contributed by atoms with Gasteiger partial charge in [0.1, 0.15) is 0 Å². The zero-order chi connectivity index (χ0) is 11.4. The van der Waals surface area contributed by atoms with Crippen LogP contribution in [0.15, 0.2) is 4.99 Å². The Morgan fingerprint density at radius 2 is 2.12 bits per heavy atom. The second-order valence-corrected chi connectivity index (χ2v) is 7.70. The molecule has 16 heavy (non-hydrogen) atoms. The number of nitrogens with one attached hydrogen (secondary N) is 1. The van der Waals surface area contributed by atoms with E-state index in [0.29, 0.717) is 5.41 Å². The van der Waals surface area contributed by atoms with Crippen LogP contribution in [0, 0.1) is 11.3 Å². The van der Waals surface area contributed by atoms with Crippen LogP contribution < -0.4 is 5.32 Å². The summed E-state index contributed by atoms with van der Waals surface area (Å²) in [7, 11) is 0. The SMILES string of the molecule is CC1(C)CN=C(NCC2CCSCC2)SC1. The molecule has 2 rings (SSSR count). The minimum Gasteiger partial charge on any atom is -0.365 e. The molecular formula is C12H22N2S2. The monoisotopic (exact) mass is 258 g/mol. The van der Waals surface area contributed by atoms with Crippen molar-refractivity contribution in [3.8, 4) is 0 Å². The second kappa shape index (κ2) is 5.67. The summed E-state index contributed by atoms with van der Waals surface area (Å²) in [6.07, 6.45) is 2.75. The van der Waals surface area contributed by atoms with E-state index < -0.39 is 0 Å². The minimum atomic E-state index is 0.386.